The average Bonchev–Trinajstić information content (AvgIpc) is 1.97. The van der Waals surface area contributed by atoms with Crippen molar-refractivity contribution in [3.05, 3.63) is 0 Å². The molecule has 0 bridgehead atoms. The molecule has 0 amide bonds. The van der Waals surface area contributed by atoms with Crippen LogP contribution in [0.25, 0.3) is 0 Å². The highest BCUT2D eigenvalue weighted by Gasteiger charge is 2.25. The van der Waals surface area contributed by atoms with Crippen LogP contribution in [0.15, 0.2) is 0 Å². The summed E-state index contributed by atoms with van der Waals surface area (Å²) in [4.78, 5) is 0. The largest absolute Gasteiger partial charge is 0.0654 e. The maximum atomic E-state index is 2.42. The standard InChI is InChI=1S/C13H28/c1-7-8-9-12(4)13(5,6)10-11(2)3/h11-12H,7-10H2,1-6H3. The van der Waals surface area contributed by atoms with Gasteiger partial charge in [-0.25, -0.2) is 0 Å². The van der Waals surface area contributed by atoms with E-state index in [4.69, 9.17) is 0 Å². The molecule has 0 rings (SSSR count). The Morgan fingerprint density at radius 2 is 1.62 bits per heavy atom. The summed E-state index contributed by atoms with van der Waals surface area (Å²) in [6, 6.07) is 0. The zero-order valence-electron chi connectivity index (χ0n) is 10.5. The molecule has 0 aliphatic carbocycles. The highest BCUT2D eigenvalue weighted by molar-refractivity contribution is 4.76. The molecule has 0 saturated heterocycles. The van der Waals surface area contributed by atoms with Crippen LogP contribution in [0, 0.1) is 17.3 Å². The summed E-state index contributed by atoms with van der Waals surface area (Å²) >= 11 is 0. The SMILES string of the molecule is CCCCC(C)C(C)(C)CC(C)C. The minimum atomic E-state index is 0.531. The van der Waals surface area contributed by atoms with Crippen molar-refractivity contribution in [2.75, 3.05) is 0 Å². The molecular weight excluding hydrogens is 156 g/mol. The lowest BCUT2D eigenvalue weighted by molar-refractivity contribution is 0.172. The smallest absolute Gasteiger partial charge is 0.0326 e. The molecule has 0 aliphatic rings. The van der Waals surface area contributed by atoms with Gasteiger partial charge < -0.3 is 0 Å². The van der Waals surface area contributed by atoms with E-state index in [9.17, 15) is 0 Å². The molecule has 13 heavy (non-hydrogen) atoms. The number of unbranched alkanes of at least 4 members (excludes halogenated alkanes) is 1. The van der Waals surface area contributed by atoms with Crippen LogP contribution >= 0.6 is 0 Å². The highest BCUT2D eigenvalue weighted by atomic mass is 14.3. The zero-order chi connectivity index (χ0) is 10.5. The first kappa shape index (κ1) is 13.0. The van der Waals surface area contributed by atoms with Crippen molar-refractivity contribution in [3.63, 3.8) is 0 Å². The molecule has 0 N–H and O–H groups in total. The van der Waals surface area contributed by atoms with Crippen molar-refractivity contribution in [3.8, 4) is 0 Å². The summed E-state index contributed by atoms with van der Waals surface area (Å²) in [5.74, 6) is 1.70. The normalized spacial score (nSPS) is 15.0. The summed E-state index contributed by atoms with van der Waals surface area (Å²) < 4.78 is 0. The lowest BCUT2D eigenvalue weighted by Crippen LogP contribution is -2.23. The third kappa shape index (κ3) is 5.33. The van der Waals surface area contributed by atoms with Gasteiger partial charge >= 0.3 is 0 Å². The molecule has 0 spiro atoms. The average molecular weight is 184 g/mol. The summed E-state index contributed by atoms with van der Waals surface area (Å²) in [5.41, 5.74) is 0.531. The molecule has 0 saturated carbocycles. The fourth-order valence-corrected chi connectivity index (χ4v) is 2.15. The van der Waals surface area contributed by atoms with E-state index >= 15 is 0 Å². The quantitative estimate of drug-likeness (QED) is 0.551. The Morgan fingerprint density at radius 3 is 2.00 bits per heavy atom. The molecule has 0 nitrogen and oxygen atoms in total. The molecule has 0 heteroatoms. The van der Waals surface area contributed by atoms with Gasteiger partial charge in [-0.1, -0.05) is 60.8 Å². The Kier molecular flexibility index (Phi) is 5.67. The lowest BCUT2D eigenvalue weighted by Gasteiger charge is -2.33. The second-order valence-electron chi connectivity index (χ2n) is 5.63. The highest BCUT2D eigenvalue weighted by Crippen LogP contribution is 2.36. The van der Waals surface area contributed by atoms with E-state index in [1.807, 2.05) is 0 Å². The van der Waals surface area contributed by atoms with Crippen LogP contribution in [0.1, 0.15) is 67.2 Å². The Hall–Kier alpha value is 0. The number of hydrogen-bond acceptors (Lipinski definition) is 0. The van der Waals surface area contributed by atoms with Crippen molar-refractivity contribution < 1.29 is 0 Å². The van der Waals surface area contributed by atoms with E-state index in [0.717, 1.165) is 11.8 Å². The van der Waals surface area contributed by atoms with Gasteiger partial charge in [0.25, 0.3) is 0 Å². The molecule has 0 aromatic heterocycles. The molecule has 0 aliphatic heterocycles. The van der Waals surface area contributed by atoms with E-state index < -0.39 is 0 Å². The third-order valence-corrected chi connectivity index (χ3v) is 3.26. The van der Waals surface area contributed by atoms with Crippen LogP contribution in [0.3, 0.4) is 0 Å². The predicted molar refractivity (Wildman–Crippen MR) is 61.9 cm³/mol. The van der Waals surface area contributed by atoms with Crippen LogP contribution in [0.4, 0.5) is 0 Å². The molecule has 1 unspecified atom stereocenters. The second kappa shape index (κ2) is 5.67. The molecular formula is C13H28. The second-order valence-corrected chi connectivity index (χ2v) is 5.63. The fraction of sp³-hybridized carbons (Fsp3) is 1.00. The Balaban J connectivity index is 3.94. The predicted octanol–water partition coefficient (Wildman–Crippen LogP) is 4.89. The van der Waals surface area contributed by atoms with Crippen LogP contribution in [-0.2, 0) is 0 Å². The topological polar surface area (TPSA) is 0 Å². The van der Waals surface area contributed by atoms with Crippen LogP contribution in [0.5, 0.6) is 0 Å². The van der Waals surface area contributed by atoms with Gasteiger partial charge in [-0.2, -0.15) is 0 Å². The summed E-state index contributed by atoms with van der Waals surface area (Å²) in [5, 5.41) is 0. The van der Waals surface area contributed by atoms with Crippen LogP contribution in [-0.4, -0.2) is 0 Å². The van der Waals surface area contributed by atoms with Crippen molar-refractivity contribution in [2.24, 2.45) is 17.3 Å². The van der Waals surface area contributed by atoms with E-state index in [-0.39, 0.29) is 0 Å². The van der Waals surface area contributed by atoms with Gasteiger partial charge in [-0.3, -0.25) is 0 Å². The van der Waals surface area contributed by atoms with Crippen molar-refractivity contribution >= 4 is 0 Å². The van der Waals surface area contributed by atoms with Gasteiger partial charge in [0.1, 0.15) is 0 Å². The van der Waals surface area contributed by atoms with Crippen molar-refractivity contribution in [1.82, 2.24) is 0 Å². The summed E-state index contributed by atoms with van der Waals surface area (Å²) in [6.07, 6.45) is 5.49. The van der Waals surface area contributed by atoms with Crippen LogP contribution in [0.2, 0.25) is 0 Å². The molecule has 0 heterocycles. The molecule has 1 atom stereocenters. The van der Waals surface area contributed by atoms with Crippen molar-refractivity contribution in [1.29, 1.82) is 0 Å². The Bertz CT molecular complexity index is 122. The van der Waals surface area contributed by atoms with Gasteiger partial charge in [-0.15, -0.1) is 0 Å². The molecule has 0 radical (unpaired) electrons. The van der Waals surface area contributed by atoms with Gasteiger partial charge in [0.2, 0.25) is 0 Å². The van der Waals surface area contributed by atoms with Crippen LogP contribution < -0.4 is 0 Å². The third-order valence-electron chi connectivity index (χ3n) is 3.26. The first-order valence-electron chi connectivity index (χ1n) is 5.90. The molecule has 0 fully saturated rings. The van der Waals surface area contributed by atoms with E-state index in [1.54, 1.807) is 0 Å². The van der Waals surface area contributed by atoms with E-state index in [2.05, 4.69) is 41.5 Å². The Labute approximate surface area is 85.1 Å². The van der Waals surface area contributed by atoms with E-state index in [1.165, 1.54) is 25.7 Å². The molecule has 0 aromatic carbocycles. The first-order chi connectivity index (χ1) is 5.90. The fourth-order valence-electron chi connectivity index (χ4n) is 2.15. The van der Waals surface area contributed by atoms with Crippen molar-refractivity contribution in [2.45, 2.75) is 67.2 Å². The maximum Gasteiger partial charge on any atom is -0.0326 e. The minimum absolute atomic E-state index is 0.531. The molecule has 80 valence electrons. The monoisotopic (exact) mass is 184 g/mol. The summed E-state index contributed by atoms with van der Waals surface area (Å²) in [7, 11) is 0. The molecule has 0 aromatic rings. The van der Waals surface area contributed by atoms with Gasteiger partial charge in [0, 0.05) is 0 Å². The minimum Gasteiger partial charge on any atom is -0.0654 e. The number of hydrogen-bond donors (Lipinski definition) is 0. The van der Waals surface area contributed by atoms with Gasteiger partial charge in [0.15, 0.2) is 0 Å². The lowest BCUT2D eigenvalue weighted by atomic mass is 9.72. The maximum absolute atomic E-state index is 2.42. The van der Waals surface area contributed by atoms with Gasteiger partial charge in [-0.05, 0) is 23.7 Å². The Morgan fingerprint density at radius 1 is 1.08 bits per heavy atom. The number of rotatable bonds is 6. The van der Waals surface area contributed by atoms with Gasteiger partial charge in [0.05, 0.1) is 0 Å². The summed E-state index contributed by atoms with van der Waals surface area (Å²) in [6.45, 7) is 14.2. The zero-order valence-corrected chi connectivity index (χ0v) is 10.5. The first-order valence-corrected chi connectivity index (χ1v) is 5.90. The van der Waals surface area contributed by atoms with E-state index in [0.29, 0.717) is 5.41 Å².